The number of carbonyl (C=O) groups excluding carboxylic acids is 4. The molecule has 8 atom stereocenters. The number of urea groups is 2. The number of hydrogen-bond donors (Lipinski definition) is 2. The number of benzene rings is 4. The molecule has 0 spiro atoms. The summed E-state index contributed by atoms with van der Waals surface area (Å²) >= 11 is 3.16. The van der Waals surface area contributed by atoms with Crippen molar-refractivity contribution < 1.29 is 39.0 Å². The van der Waals surface area contributed by atoms with Gasteiger partial charge in [0.2, 0.25) is 11.8 Å². The van der Waals surface area contributed by atoms with Gasteiger partial charge in [0.25, 0.3) is 0 Å². The van der Waals surface area contributed by atoms with Gasteiger partial charge in [-0.15, -0.1) is 22.7 Å². The molecule has 0 saturated carbocycles. The van der Waals surface area contributed by atoms with Crippen LogP contribution in [0.25, 0.3) is 0 Å². The molecule has 6 amide bonds. The number of carboxylic acids is 2. The summed E-state index contributed by atoms with van der Waals surface area (Å²) in [6, 6.07) is 35.4. The average molecular weight is 1050 g/mol. The Kier molecular flexibility index (Phi) is 14.7. The van der Waals surface area contributed by atoms with Crippen LogP contribution in [-0.2, 0) is 25.7 Å². The third kappa shape index (κ3) is 9.81. The van der Waals surface area contributed by atoms with E-state index in [-0.39, 0.29) is 37.1 Å². The second kappa shape index (κ2) is 21.5. The highest BCUT2D eigenvalue weighted by atomic mass is 32.1. The van der Waals surface area contributed by atoms with Crippen molar-refractivity contribution in [3.63, 3.8) is 0 Å². The zero-order valence-corrected chi connectivity index (χ0v) is 44.1. The minimum absolute atomic E-state index is 0.0494. The first kappa shape index (κ1) is 51.2. The monoisotopic (exact) mass is 1050 g/mol. The standard InChI is InChI=1S/C59H62N6O8S2/c1-5-61(34-46-27-24-36(2)75-46)59(73)65-45-26-29-48(65)53(57(70)71)63(33-45)55(67)50(40-20-13-8-14-21-40)41-22-15-23-42(31-41)51(43-30-37(3)74-35-43)60(4)58(72)64-44-25-28-47(64)52(56(68)69)62(32-44)54(66)49(38-16-9-6-10-17-38)39-18-11-7-12-19-39/h6-24,27,30-31,35,44-45,47-53H,5,25-26,28-29,32-34H2,1-4H3,(H,68,69)(H,70,71)/t44-,45-,47+,48+,50?,51?,52-,53-/m0/s1. The van der Waals surface area contributed by atoms with E-state index < -0.39 is 65.9 Å². The predicted molar refractivity (Wildman–Crippen MR) is 288 cm³/mol. The van der Waals surface area contributed by atoms with E-state index in [0.717, 1.165) is 31.3 Å². The molecule has 6 aromatic rings. The van der Waals surface area contributed by atoms with E-state index in [1.807, 2.05) is 160 Å². The molecule has 4 saturated heterocycles. The highest BCUT2D eigenvalue weighted by Gasteiger charge is 2.56. The van der Waals surface area contributed by atoms with Crippen LogP contribution in [0.5, 0.6) is 0 Å². The van der Waals surface area contributed by atoms with E-state index in [9.17, 15) is 29.4 Å². The smallest absolute Gasteiger partial charge is 0.328 e. The van der Waals surface area contributed by atoms with Crippen molar-refractivity contribution in [2.75, 3.05) is 26.7 Å². The maximum absolute atomic E-state index is 15.5. The number of carbonyl (C=O) groups is 6. The molecule has 75 heavy (non-hydrogen) atoms. The molecule has 6 heterocycles. The fraction of sp³-hybridized carbons (Fsp3) is 0.356. The Morgan fingerprint density at radius 2 is 1.05 bits per heavy atom. The van der Waals surface area contributed by atoms with Crippen molar-refractivity contribution in [1.29, 1.82) is 0 Å². The van der Waals surface area contributed by atoms with Crippen molar-refractivity contribution in [1.82, 2.24) is 29.4 Å². The lowest BCUT2D eigenvalue weighted by Gasteiger charge is -2.47. The number of hydrogen-bond acceptors (Lipinski definition) is 8. The molecular weight excluding hydrogens is 985 g/mol. The average Bonchev–Trinajstić information content (AvgIpc) is 4.24. The third-order valence-electron chi connectivity index (χ3n) is 15.8. The number of thiophene rings is 2. The number of amides is 6. The van der Waals surface area contributed by atoms with Crippen LogP contribution in [0.15, 0.2) is 139 Å². The van der Waals surface area contributed by atoms with Gasteiger partial charge in [-0.2, -0.15) is 0 Å². The summed E-state index contributed by atoms with van der Waals surface area (Å²) in [7, 11) is 1.72. The van der Waals surface area contributed by atoms with Crippen LogP contribution in [0, 0.1) is 13.8 Å². The molecule has 2 N–H and O–H groups in total. The molecule has 2 aromatic heterocycles. The molecule has 16 heteroatoms. The molecule has 4 aromatic carbocycles. The number of rotatable bonds is 14. The highest BCUT2D eigenvalue weighted by molar-refractivity contribution is 7.11. The minimum Gasteiger partial charge on any atom is -0.480 e. The van der Waals surface area contributed by atoms with Crippen LogP contribution in [0.3, 0.4) is 0 Å². The molecular formula is C59H62N6O8S2. The van der Waals surface area contributed by atoms with Gasteiger partial charge < -0.3 is 39.6 Å². The fourth-order valence-corrected chi connectivity index (χ4v) is 14.1. The van der Waals surface area contributed by atoms with Crippen molar-refractivity contribution in [3.05, 3.63) is 187 Å². The summed E-state index contributed by atoms with van der Waals surface area (Å²) in [4.78, 5) is 100. The molecule has 2 unspecified atom stereocenters. The Labute approximate surface area is 445 Å². The van der Waals surface area contributed by atoms with Crippen molar-refractivity contribution in [2.24, 2.45) is 0 Å². The Balaban J connectivity index is 0.954. The predicted octanol–water partition coefficient (Wildman–Crippen LogP) is 9.43. The molecule has 4 aliphatic heterocycles. The number of nitrogens with zero attached hydrogens (tertiary/aromatic N) is 6. The van der Waals surface area contributed by atoms with Crippen LogP contribution in [0.2, 0.25) is 0 Å². The maximum atomic E-state index is 15.5. The second-order valence-electron chi connectivity index (χ2n) is 20.3. The molecule has 388 valence electrons. The van der Waals surface area contributed by atoms with Gasteiger partial charge in [-0.1, -0.05) is 115 Å². The summed E-state index contributed by atoms with van der Waals surface area (Å²) in [5, 5.41) is 24.0. The quantitative estimate of drug-likeness (QED) is 0.109. The molecule has 10 rings (SSSR count). The van der Waals surface area contributed by atoms with Gasteiger partial charge in [-0.05, 0) is 103 Å². The van der Waals surface area contributed by atoms with E-state index in [2.05, 4.69) is 0 Å². The summed E-state index contributed by atoms with van der Waals surface area (Å²) in [6.07, 6.45) is 1.93. The summed E-state index contributed by atoms with van der Waals surface area (Å²) in [5.74, 6) is -4.76. The fourth-order valence-electron chi connectivity index (χ4n) is 12.5. The van der Waals surface area contributed by atoms with E-state index >= 15 is 9.59 Å². The molecule has 14 nitrogen and oxygen atoms in total. The zero-order chi connectivity index (χ0) is 52.7. The van der Waals surface area contributed by atoms with Gasteiger partial charge in [0.1, 0.15) is 12.1 Å². The summed E-state index contributed by atoms with van der Waals surface area (Å²) in [6.45, 7) is 6.89. The minimum atomic E-state index is -1.29. The largest absolute Gasteiger partial charge is 0.480 e. The van der Waals surface area contributed by atoms with Crippen LogP contribution >= 0.6 is 22.7 Å². The van der Waals surface area contributed by atoms with E-state index in [1.54, 1.807) is 38.0 Å². The molecule has 4 aliphatic rings. The van der Waals surface area contributed by atoms with Crippen molar-refractivity contribution >= 4 is 58.5 Å². The van der Waals surface area contributed by atoms with Crippen molar-refractivity contribution in [3.8, 4) is 0 Å². The summed E-state index contributed by atoms with van der Waals surface area (Å²) < 4.78 is 0. The number of likely N-dealkylation sites (tertiary alicyclic amines) is 2. The van der Waals surface area contributed by atoms with Crippen LogP contribution in [-0.4, -0.2) is 138 Å². The van der Waals surface area contributed by atoms with Crippen molar-refractivity contribution in [2.45, 2.75) is 107 Å². The number of piperazine rings is 2. The maximum Gasteiger partial charge on any atom is 0.328 e. The third-order valence-corrected chi connectivity index (χ3v) is 17.7. The summed E-state index contributed by atoms with van der Waals surface area (Å²) in [5.41, 5.74) is 4.29. The van der Waals surface area contributed by atoms with Gasteiger partial charge >= 0.3 is 24.0 Å². The van der Waals surface area contributed by atoms with Gasteiger partial charge in [-0.3, -0.25) is 9.59 Å². The van der Waals surface area contributed by atoms with Gasteiger partial charge in [0, 0.05) is 41.3 Å². The zero-order valence-electron chi connectivity index (χ0n) is 42.5. The molecule has 0 aliphatic carbocycles. The first-order valence-corrected chi connectivity index (χ1v) is 27.5. The SMILES string of the molecule is CCN(Cc1ccc(C)s1)C(=O)N1[C@H]2CC[C@@H]1[C@@H](C(=O)O)N(C(=O)C(c1ccccc1)c1cccc(C(c3csc(C)c3)N(C)C(=O)N3[C@H]4CC[C@@H]3[C@@H](C(=O)O)N(C(=O)C(c3ccccc3)c3ccccc3)C4)c1)C2. The van der Waals surface area contributed by atoms with E-state index in [1.165, 1.54) is 21.1 Å². The van der Waals surface area contributed by atoms with Crippen LogP contribution < -0.4 is 0 Å². The van der Waals surface area contributed by atoms with Crippen LogP contribution in [0.1, 0.15) is 98.5 Å². The Bertz CT molecular complexity index is 3040. The van der Waals surface area contributed by atoms with E-state index in [4.69, 9.17) is 0 Å². The van der Waals surface area contributed by atoms with Crippen LogP contribution in [0.4, 0.5) is 9.59 Å². The van der Waals surface area contributed by atoms with Gasteiger partial charge in [0.15, 0.2) is 0 Å². The highest BCUT2D eigenvalue weighted by Crippen LogP contribution is 2.43. The number of aliphatic carboxylic acids is 2. The molecule has 4 fully saturated rings. The molecule has 4 bridgehead atoms. The number of fused-ring (bicyclic) bond motifs is 4. The Morgan fingerprint density at radius 1 is 0.573 bits per heavy atom. The van der Waals surface area contributed by atoms with E-state index in [0.29, 0.717) is 55.5 Å². The van der Waals surface area contributed by atoms with Gasteiger partial charge in [0.05, 0.1) is 48.6 Å². The first-order chi connectivity index (χ1) is 36.2. The normalized spacial score (nSPS) is 21.7. The second-order valence-corrected chi connectivity index (χ2v) is 22.8. The van der Waals surface area contributed by atoms with Gasteiger partial charge in [-0.25, -0.2) is 19.2 Å². The number of aryl methyl sites for hydroxylation is 2. The topological polar surface area (TPSA) is 162 Å². The lowest BCUT2D eigenvalue weighted by atomic mass is 9.86. The Hall–Kier alpha value is -7.30. The first-order valence-electron chi connectivity index (χ1n) is 25.8. The molecule has 0 radical (unpaired) electrons. The lowest BCUT2D eigenvalue weighted by Crippen LogP contribution is -2.67. The Morgan fingerprint density at radius 3 is 1.51 bits per heavy atom. The lowest BCUT2D eigenvalue weighted by molar-refractivity contribution is -0.156. The number of carboxylic acid groups (broad SMARTS) is 2.